The van der Waals surface area contributed by atoms with E-state index in [1.165, 1.54) is 5.56 Å². The van der Waals surface area contributed by atoms with E-state index in [1.54, 1.807) is 0 Å². The molecule has 1 rings (SSSR count). The van der Waals surface area contributed by atoms with Crippen LogP contribution in [0.2, 0.25) is 0 Å². The molecule has 0 aromatic heterocycles. The highest BCUT2D eigenvalue weighted by Gasteiger charge is 2.12. The van der Waals surface area contributed by atoms with E-state index in [-0.39, 0.29) is 12.4 Å². The van der Waals surface area contributed by atoms with Gasteiger partial charge in [0.25, 0.3) is 0 Å². The molecule has 18 heavy (non-hydrogen) atoms. The molecule has 0 fully saturated rings. The van der Waals surface area contributed by atoms with Gasteiger partial charge < -0.3 is 4.74 Å². The second-order valence-corrected chi connectivity index (χ2v) is 5.09. The molecule has 0 heterocycles. The van der Waals surface area contributed by atoms with Crippen molar-refractivity contribution in [3.8, 4) is 5.75 Å². The largest absolute Gasteiger partial charge is 0.492 e. The highest BCUT2D eigenvalue weighted by atomic mass is 35.5. The summed E-state index contributed by atoms with van der Waals surface area (Å²) < 4.78 is 5.75. The number of benzene rings is 1. The topological polar surface area (TPSA) is 12.5 Å². The molecule has 0 radical (unpaired) electrons. The first kappa shape index (κ1) is 17.3. The number of aryl methyl sites for hydroxylation is 1. The van der Waals surface area contributed by atoms with Crippen LogP contribution in [0.3, 0.4) is 0 Å². The first-order valence-corrected chi connectivity index (χ1v) is 6.46. The fourth-order valence-electron chi connectivity index (χ4n) is 2.02. The molecular formula is C15H26ClNO. The van der Waals surface area contributed by atoms with Crippen molar-refractivity contribution in [1.82, 2.24) is 4.90 Å². The van der Waals surface area contributed by atoms with E-state index in [9.17, 15) is 0 Å². The Bertz CT molecular complexity index is 314. The lowest BCUT2D eigenvalue weighted by molar-refractivity contribution is 0.142. The molecule has 0 atom stereocenters. The Kier molecular flexibility index (Phi) is 8.05. The monoisotopic (exact) mass is 271 g/mol. The van der Waals surface area contributed by atoms with Crippen LogP contribution in [0.15, 0.2) is 24.3 Å². The van der Waals surface area contributed by atoms with Gasteiger partial charge in [-0.2, -0.15) is 0 Å². The summed E-state index contributed by atoms with van der Waals surface area (Å²) in [5, 5.41) is 0. The summed E-state index contributed by atoms with van der Waals surface area (Å²) in [7, 11) is 0. The number of rotatable bonds is 6. The van der Waals surface area contributed by atoms with Crippen molar-refractivity contribution >= 4 is 12.4 Å². The molecule has 0 unspecified atom stereocenters. The average molecular weight is 272 g/mol. The lowest BCUT2D eigenvalue weighted by Gasteiger charge is -2.30. The summed E-state index contributed by atoms with van der Waals surface area (Å²) in [4.78, 5) is 2.44. The molecule has 0 aliphatic heterocycles. The van der Waals surface area contributed by atoms with Crippen LogP contribution >= 0.6 is 12.4 Å². The van der Waals surface area contributed by atoms with Gasteiger partial charge >= 0.3 is 0 Å². The Balaban J connectivity index is 0.00000289. The maximum atomic E-state index is 5.75. The van der Waals surface area contributed by atoms with E-state index < -0.39 is 0 Å². The van der Waals surface area contributed by atoms with E-state index >= 15 is 0 Å². The minimum Gasteiger partial charge on any atom is -0.492 e. The quantitative estimate of drug-likeness (QED) is 0.778. The van der Waals surface area contributed by atoms with Crippen LogP contribution in [0.4, 0.5) is 0 Å². The van der Waals surface area contributed by atoms with Crippen molar-refractivity contribution in [2.75, 3.05) is 13.2 Å². The third-order valence-electron chi connectivity index (χ3n) is 2.97. The number of hydrogen-bond donors (Lipinski definition) is 0. The fourth-order valence-corrected chi connectivity index (χ4v) is 2.02. The van der Waals surface area contributed by atoms with E-state index in [0.29, 0.717) is 12.1 Å². The first-order valence-electron chi connectivity index (χ1n) is 6.46. The van der Waals surface area contributed by atoms with Crippen molar-refractivity contribution in [3.05, 3.63) is 29.8 Å². The number of hydrogen-bond acceptors (Lipinski definition) is 2. The zero-order chi connectivity index (χ0) is 12.8. The molecule has 0 aliphatic carbocycles. The van der Waals surface area contributed by atoms with Crippen molar-refractivity contribution in [1.29, 1.82) is 0 Å². The zero-order valence-corrected chi connectivity index (χ0v) is 13.0. The van der Waals surface area contributed by atoms with Crippen LogP contribution in [0.1, 0.15) is 33.3 Å². The second kappa shape index (κ2) is 8.39. The summed E-state index contributed by atoms with van der Waals surface area (Å²) in [6.07, 6.45) is 0. The Morgan fingerprint density at radius 3 is 1.94 bits per heavy atom. The van der Waals surface area contributed by atoms with Crippen LogP contribution in [0.5, 0.6) is 5.75 Å². The third-order valence-corrected chi connectivity index (χ3v) is 2.97. The summed E-state index contributed by atoms with van der Waals surface area (Å²) in [6, 6.07) is 9.36. The van der Waals surface area contributed by atoms with Gasteiger partial charge in [0.05, 0.1) is 0 Å². The molecule has 0 amide bonds. The van der Waals surface area contributed by atoms with Crippen molar-refractivity contribution < 1.29 is 4.74 Å². The Morgan fingerprint density at radius 1 is 1.00 bits per heavy atom. The Morgan fingerprint density at radius 2 is 1.50 bits per heavy atom. The zero-order valence-electron chi connectivity index (χ0n) is 12.1. The Labute approximate surface area is 118 Å². The molecule has 0 aliphatic rings. The third kappa shape index (κ3) is 5.74. The number of ether oxygens (including phenoxy) is 1. The van der Waals surface area contributed by atoms with Crippen LogP contribution in [-0.2, 0) is 0 Å². The van der Waals surface area contributed by atoms with Crippen molar-refractivity contribution in [2.45, 2.75) is 46.7 Å². The lowest BCUT2D eigenvalue weighted by atomic mass is 10.2. The van der Waals surface area contributed by atoms with E-state index in [1.807, 2.05) is 12.1 Å². The van der Waals surface area contributed by atoms with Gasteiger partial charge in [-0.3, -0.25) is 4.90 Å². The molecule has 1 aromatic carbocycles. The predicted molar refractivity (Wildman–Crippen MR) is 80.9 cm³/mol. The van der Waals surface area contributed by atoms with E-state index in [2.05, 4.69) is 51.7 Å². The number of nitrogens with zero attached hydrogens (tertiary/aromatic N) is 1. The minimum atomic E-state index is 0. The molecule has 1 aromatic rings. The van der Waals surface area contributed by atoms with Crippen LogP contribution in [-0.4, -0.2) is 30.1 Å². The molecule has 3 heteroatoms. The molecule has 0 N–H and O–H groups in total. The molecule has 0 bridgehead atoms. The number of halogens is 1. The van der Waals surface area contributed by atoms with Crippen LogP contribution in [0, 0.1) is 6.92 Å². The van der Waals surface area contributed by atoms with Crippen molar-refractivity contribution in [2.24, 2.45) is 0 Å². The lowest BCUT2D eigenvalue weighted by Crippen LogP contribution is -2.39. The predicted octanol–water partition coefficient (Wildman–Crippen LogP) is 3.91. The fraction of sp³-hybridized carbons (Fsp3) is 0.600. The van der Waals surface area contributed by atoms with Gasteiger partial charge in [-0.25, -0.2) is 0 Å². The summed E-state index contributed by atoms with van der Waals surface area (Å²) in [5.74, 6) is 0.961. The smallest absolute Gasteiger partial charge is 0.119 e. The standard InChI is InChI=1S/C15H25NO.ClH/c1-12(2)16(13(3)4)10-11-17-15-8-6-14(5)7-9-15;/h6-9,12-13H,10-11H2,1-5H3;1H. The van der Waals surface area contributed by atoms with Gasteiger partial charge in [-0.15, -0.1) is 12.4 Å². The van der Waals surface area contributed by atoms with Gasteiger partial charge in [0.2, 0.25) is 0 Å². The van der Waals surface area contributed by atoms with Gasteiger partial charge in [0, 0.05) is 18.6 Å². The molecule has 0 saturated heterocycles. The van der Waals surface area contributed by atoms with Gasteiger partial charge in [0.15, 0.2) is 0 Å². The minimum absolute atomic E-state index is 0. The molecule has 0 spiro atoms. The summed E-state index contributed by atoms with van der Waals surface area (Å²) in [5.41, 5.74) is 1.27. The van der Waals surface area contributed by atoms with Gasteiger partial charge in [-0.05, 0) is 46.8 Å². The average Bonchev–Trinajstić information content (AvgIpc) is 2.25. The highest BCUT2D eigenvalue weighted by Crippen LogP contribution is 2.12. The molecule has 2 nitrogen and oxygen atoms in total. The second-order valence-electron chi connectivity index (χ2n) is 5.09. The maximum absolute atomic E-state index is 5.75. The van der Waals surface area contributed by atoms with Crippen LogP contribution in [0.25, 0.3) is 0 Å². The molecule has 104 valence electrons. The normalized spacial score (nSPS) is 10.9. The molecular weight excluding hydrogens is 246 g/mol. The first-order chi connectivity index (χ1) is 8.00. The van der Waals surface area contributed by atoms with Gasteiger partial charge in [-0.1, -0.05) is 17.7 Å². The van der Waals surface area contributed by atoms with E-state index in [4.69, 9.17) is 4.74 Å². The van der Waals surface area contributed by atoms with Crippen LogP contribution < -0.4 is 4.74 Å². The summed E-state index contributed by atoms with van der Waals surface area (Å²) in [6.45, 7) is 12.7. The van der Waals surface area contributed by atoms with Gasteiger partial charge in [0.1, 0.15) is 12.4 Å². The van der Waals surface area contributed by atoms with E-state index in [0.717, 1.165) is 18.9 Å². The molecule has 0 saturated carbocycles. The van der Waals surface area contributed by atoms with Crippen molar-refractivity contribution in [3.63, 3.8) is 0 Å². The maximum Gasteiger partial charge on any atom is 0.119 e. The Hall–Kier alpha value is -0.730. The SMILES string of the molecule is Cc1ccc(OCCN(C(C)C)C(C)C)cc1.Cl. The highest BCUT2D eigenvalue weighted by molar-refractivity contribution is 5.85. The summed E-state index contributed by atoms with van der Waals surface area (Å²) >= 11 is 0.